The lowest BCUT2D eigenvalue weighted by molar-refractivity contribution is -0.122. The third kappa shape index (κ3) is 3.94. The number of nitrogens with zero attached hydrogens (tertiary/aromatic N) is 2. The molecule has 0 aliphatic carbocycles. The van der Waals surface area contributed by atoms with E-state index in [1.54, 1.807) is 18.5 Å². The molecule has 5 nitrogen and oxygen atoms in total. The van der Waals surface area contributed by atoms with Crippen LogP contribution in [-0.4, -0.2) is 40.1 Å². The fourth-order valence-corrected chi connectivity index (χ4v) is 2.95. The quantitative estimate of drug-likeness (QED) is 0.908. The molecule has 1 fully saturated rings. The van der Waals surface area contributed by atoms with Crippen molar-refractivity contribution in [3.05, 3.63) is 60.4 Å². The van der Waals surface area contributed by atoms with Crippen LogP contribution in [0.25, 0.3) is 0 Å². The Hall–Kier alpha value is -2.24. The number of hydrogen-bond donors (Lipinski definition) is 2. The third-order valence-corrected chi connectivity index (χ3v) is 4.16. The van der Waals surface area contributed by atoms with Gasteiger partial charge in [-0.25, -0.2) is 0 Å². The van der Waals surface area contributed by atoms with Crippen molar-refractivity contribution < 1.29 is 9.90 Å². The van der Waals surface area contributed by atoms with Gasteiger partial charge in [-0.15, -0.1) is 0 Å². The predicted molar refractivity (Wildman–Crippen MR) is 88.9 cm³/mol. The predicted octanol–water partition coefficient (Wildman–Crippen LogP) is 2.22. The molecule has 2 N–H and O–H groups in total. The Morgan fingerprint density at radius 3 is 2.57 bits per heavy atom. The first-order chi connectivity index (χ1) is 11.2. The second-order valence-corrected chi connectivity index (χ2v) is 5.81. The van der Waals surface area contributed by atoms with Crippen LogP contribution in [0.2, 0.25) is 0 Å². The first-order valence-electron chi connectivity index (χ1n) is 7.92. The maximum atomic E-state index is 12.9. The van der Waals surface area contributed by atoms with Crippen molar-refractivity contribution in [2.75, 3.05) is 18.4 Å². The lowest BCUT2D eigenvalue weighted by Crippen LogP contribution is -2.43. The van der Waals surface area contributed by atoms with Crippen molar-refractivity contribution in [1.29, 1.82) is 0 Å². The van der Waals surface area contributed by atoms with E-state index in [0.717, 1.165) is 5.56 Å². The number of aliphatic hydroxyl groups is 1. The van der Waals surface area contributed by atoms with Crippen molar-refractivity contribution in [2.24, 2.45) is 0 Å². The van der Waals surface area contributed by atoms with Gasteiger partial charge < -0.3 is 10.4 Å². The first-order valence-corrected chi connectivity index (χ1v) is 7.92. The molecule has 1 saturated heterocycles. The van der Waals surface area contributed by atoms with Gasteiger partial charge in [-0.05, 0) is 30.5 Å². The van der Waals surface area contributed by atoms with Crippen LogP contribution in [0.3, 0.4) is 0 Å². The van der Waals surface area contributed by atoms with E-state index in [4.69, 9.17) is 0 Å². The number of amides is 1. The highest BCUT2D eigenvalue weighted by Gasteiger charge is 2.30. The zero-order valence-corrected chi connectivity index (χ0v) is 12.9. The minimum Gasteiger partial charge on any atom is -0.393 e. The molecule has 0 saturated carbocycles. The Balaban J connectivity index is 1.81. The number of aromatic nitrogens is 1. The molecule has 23 heavy (non-hydrogen) atoms. The van der Waals surface area contributed by atoms with E-state index in [2.05, 4.69) is 15.2 Å². The molecule has 3 rings (SSSR count). The lowest BCUT2D eigenvalue weighted by atomic mass is 10.00. The maximum absolute atomic E-state index is 12.9. The Kier molecular flexibility index (Phi) is 5.00. The van der Waals surface area contributed by atoms with Gasteiger partial charge in [0.25, 0.3) is 0 Å². The second-order valence-electron chi connectivity index (χ2n) is 5.81. The highest BCUT2D eigenvalue weighted by Crippen LogP contribution is 2.26. The highest BCUT2D eigenvalue weighted by molar-refractivity contribution is 5.95. The number of benzene rings is 1. The molecule has 120 valence electrons. The van der Waals surface area contributed by atoms with Gasteiger partial charge in [0.1, 0.15) is 6.04 Å². The third-order valence-electron chi connectivity index (χ3n) is 4.16. The van der Waals surface area contributed by atoms with Gasteiger partial charge in [-0.1, -0.05) is 30.3 Å². The topological polar surface area (TPSA) is 65.5 Å². The average molecular weight is 311 g/mol. The van der Waals surface area contributed by atoms with Crippen molar-refractivity contribution in [1.82, 2.24) is 9.88 Å². The Bertz CT molecular complexity index is 625. The van der Waals surface area contributed by atoms with Crippen LogP contribution in [0.4, 0.5) is 5.69 Å². The fourth-order valence-electron chi connectivity index (χ4n) is 2.95. The van der Waals surface area contributed by atoms with E-state index in [1.807, 2.05) is 36.4 Å². The van der Waals surface area contributed by atoms with Gasteiger partial charge in [-0.3, -0.25) is 14.7 Å². The minimum atomic E-state index is -0.357. The molecule has 2 aromatic rings. The average Bonchev–Trinajstić information content (AvgIpc) is 2.59. The largest absolute Gasteiger partial charge is 0.393 e. The molecule has 1 amide bonds. The number of hydrogen-bond acceptors (Lipinski definition) is 4. The molecule has 1 unspecified atom stereocenters. The van der Waals surface area contributed by atoms with Gasteiger partial charge in [0.15, 0.2) is 0 Å². The van der Waals surface area contributed by atoms with E-state index in [9.17, 15) is 9.90 Å². The molecule has 1 atom stereocenters. The van der Waals surface area contributed by atoms with Crippen LogP contribution >= 0.6 is 0 Å². The van der Waals surface area contributed by atoms with Crippen LogP contribution in [-0.2, 0) is 4.79 Å². The monoisotopic (exact) mass is 311 g/mol. The van der Waals surface area contributed by atoms with Crippen molar-refractivity contribution in [3.63, 3.8) is 0 Å². The highest BCUT2D eigenvalue weighted by atomic mass is 16.3. The summed E-state index contributed by atoms with van der Waals surface area (Å²) in [5, 5.41) is 12.7. The Morgan fingerprint density at radius 2 is 1.91 bits per heavy atom. The number of aliphatic hydroxyl groups excluding tert-OH is 1. The van der Waals surface area contributed by atoms with Crippen molar-refractivity contribution in [2.45, 2.75) is 25.0 Å². The number of carbonyl (C=O) groups is 1. The molecule has 1 aromatic carbocycles. The summed E-state index contributed by atoms with van der Waals surface area (Å²) in [5.74, 6) is -0.0689. The van der Waals surface area contributed by atoms with E-state index >= 15 is 0 Å². The SMILES string of the molecule is O=C(Nc1cccnc1)C(c1ccccc1)N1CCC(O)CC1. The molecule has 2 heterocycles. The number of pyridine rings is 1. The number of anilines is 1. The summed E-state index contributed by atoms with van der Waals surface area (Å²) in [4.78, 5) is 19.0. The van der Waals surface area contributed by atoms with Gasteiger partial charge in [-0.2, -0.15) is 0 Å². The Morgan fingerprint density at radius 1 is 1.17 bits per heavy atom. The molecule has 5 heteroatoms. The molecule has 1 aliphatic heterocycles. The Labute approximate surface area is 136 Å². The van der Waals surface area contributed by atoms with Crippen LogP contribution < -0.4 is 5.32 Å². The standard InChI is InChI=1S/C18H21N3O2/c22-16-8-11-21(12-9-16)17(14-5-2-1-3-6-14)18(23)20-15-7-4-10-19-13-15/h1-7,10,13,16-17,22H,8-9,11-12H2,(H,20,23). The fraction of sp³-hybridized carbons (Fsp3) is 0.333. The van der Waals surface area contributed by atoms with Crippen molar-refractivity contribution in [3.8, 4) is 0 Å². The number of nitrogens with one attached hydrogen (secondary N) is 1. The van der Waals surface area contributed by atoms with Gasteiger partial charge in [0.2, 0.25) is 5.91 Å². The zero-order valence-electron chi connectivity index (χ0n) is 12.9. The number of piperidine rings is 1. The van der Waals surface area contributed by atoms with Crippen LogP contribution in [0.1, 0.15) is 24.4 Å². The van der Waals surface area contributed by atoms with Gasteiger partial charge in [0.05, 0.1) is 18.0 Å². The number of rotatable bonds is 4. The first kappa shape index (κ1) is 15.6. The number of likely N-dealkylation sites (tertiary alicyclic amines) is 1. The molecule has 0 bridgehead atoms. The van der Waals surface area contributed by atoms with E-state index in [-0.39, 0.29) is 18.1 Å². The molecule has 1 aromatic heterocycles. The van der Waals surface area contributed by atoms with Gasteiger partial charge in [0, 0.05) is 19.3 Å². The smallest absolute Gasteiger partial charge is 0.246 e. The van der Waals surface area contributed by atoms with Crippen LogP contribution in [0.5, 0.6) is 0 Å². The molecule has 1 aliphatic rings. The van der Waals surface area contributed by atoms with Crippen molar-refractivity contribution >= 4 is 11.6 Å². The molecular formula is C18H21N3O2. The second kappa shape index (κ2) is 7.35. The van der Waals surface area contributed by atoms with Crippen LogP contribution in [0.15, 0.2) is 54.9 Å². The molecule has 0 radical (unpaired) electrons. The zero-order chi connectivity index (χ0) is 16.1. The summed E-state index contributed by atoms with van der Waals surface area (Å²) in [6.07, 6.45) is 4.45. The van der Waals surface area contributed by atoms with E-state index in [1.165, 1.54) is 0 Å². The minimum absolute atomic E-state index is 0.0689. The van der Waals surface area contributed by atoms with Crippen LogP contribution in [0, 0.1) is 0 Å². The lowest BCUT2D eigenvalue weighted by Gasteiger charge is -2.35. The summed E-state index contributed by atoms with van der Waals surface area (Å²) >= 11 is 0. The summed E-state index contributed by atoms with van der Waals surface area (Å²) in [6.45, 7) is 1.42. The summed E-state index contributed by atoms with van der Waals surface area (Å²) in [6, 6.07) is 13.0. The normalized spacial score (nSPS) is 17.6. The van der Waals surface area contributed by atoms with Gasteiger partial charge >= 0.3 is 0 Å². The maximum Gasteiger partial charge on any atom is 0.246 e. The van der Waals surface area contributed by atoms with E-state index < -0.39 is 0 Å². The summed E-state index contributed by atoms with van der Waals surface area (Å²) in [7, 11) is 0. The molecule has 0 spiro atoms. The van der Waals surface area contributed by atoms with E-state index in [0.29, 0.717) is 31.6 Å². The summed E-state index contributed by atoms with van der Waals surface area (Å²) in [5.41, 5.74) is 1.65. The molecular weight excluding hydrogens is 290 g/mol. The summed E-state index contributed by atoms with van der Waals surface area (Å²) < 4.78 is 0. The number of carbonyl (C=O) groups excluding carboxylic acids is 1.